The van der Waals surface area contributed by atoms with Crippen molar-refractivity contribution in [2.75, 3.05) is 0 Å². The second-order valence-electron chi connectivity index (χ2n) is 6.53. The molecule has 1 heterocycles. The molecule has 0 amide bonds. The number of hydrogen-bond acceptors (Lipinski definition) is 3. The van der Waals surface area contributed by atoms with E-state index in [0.717, 1.165) is 16.8 Å². The first-order valence-corrected chi connectivity index (χ1v) is 8.51. The number of aliphatic hydroxyl groups excluding tert-OH is 1. The Bertz CT molecular complexity index is 973. The predicted molar refractivity (Wildman–Crippen MR) is 107 cm³/mol. The summed E-state index contributed by atoms with van der Waals surface area (Å²) in [5, 5.41) is 9.56. The van der Waals surface area contributed by atoms with Crippen LogP contribution in [-0.4, -0.2) is 15.9 Å². The van der Waals surface area contributed by atoms with Crippen LogP contribution in [0.15, 0.2) is 54.3 Å². The maximum Gasteiger partial charge on any atom is 0.155 e. The van der Waals surface area contributed by atoms with Crippen LogP contribution in [-0.2, 0) is 24.9 Å². The zero-order chi connectivity index (χ0) is 19.3. The van der Waals surface area contributed by atoms with E-state index in [1.165, 1.54) is 42.0 Å². The molecule has 0 unspecified atom stereocenters. The molecule has 0 fully saturated rings. The van der Waals surface area contributed by atoms with Gasteiger partial charge in [0.1, 0.15) is 0 Å². The first-order chi connectivity index (χ1) is 12.3. The molecule has 27 heavy (non-hydrogen) atoms. The summed E-state index contributed by atoms with van der Waals surface area (Å²) in [5.74, 6) is -0.0625. The summed E-state index contributed by atoms with van der Waals surface area (Å²) >= 11 is 0. The van der Waals surface area contributed by atoms with Gasteiger partial charge in [0.25, 0.3) is 0 Å². The third-order valence-corrected chi connectivity index (χ3v) is 3.79. The van der Waals surface area contributed by atoms with Crippen LogP contribution in [0.4, 0.5) is 0 Å². The minimum Gasteiger partial charge on any atom is -0.512 e. The molecule has 4 heteroatoms. The van der Waals surface area contributed by atoms with Gasteiger partial charge in [-0.3, -0.25) is 9.78 Å². The van der Waals surface area contributed by atoms with E-state index in [4.69, 9.17) is 10.1 Å². The fraction of sp³-hybridized carbons (Fsp3) is 0.217. The Morgan fingerprint density at radius 3 is 2.26 bits per heavy atom. The van der Waals surface area contributed by atoms with Gasteiger partial charge in [0.05, 0.1) is 11.3 Å². The summed E-state index contributed by atoms with van der Waals surface area (Å²) in [5.41, 5.74) is 6.82. The van der Waals surface area contributed by atoms with E-state index >= 15 is 0 Å². The Morgan fingerprint density at radius 2 is 1.70 bits per heavy atom. The normalized spacial score (nSPS) is 10.6. The minimum atomic E-state index is -0.125. The molecular formula is C23H24IrNO2-. The molecule has 0 spiro atoms. The summed E-state index contributed by atoms with van der Waals surface area (Å²) in [6.07, 6.45) is 1.17. The van der Waals surface area contributed by atoms with Crippen LogP contribution in [0.5, 0.6) is 0 Å². The molecule has 1 aromatic heterocycles. The number of carbonyl (C=O) groups is 1. The van der Waals surface area contributed by atoms with Crippen LogP contribution >= 0.6 is 0 Å². The summed E-state index contributed by atoms with van der Waals surface area (Å²) in [7, 11) is 0. The number of carbonyl (C=O) groups excluding carboxylic acids is 1. The average Bonchev–Trinajstić information content (AvgIpc) is 2.54. The molecule has 0 aliphatic rings. The van der Waals surface area contributed by atoms with Gasteiger partial charge in [-0.15, -0.1) is 35.4 Å². The number of aliphatic hydroxyl groups is 1. The molecule has 0 saturated carbocycles. The SMILES string of the molecule is CC(=O)C=C(C)O.Cc1cc[c-]c(-c2nc3cc(C)ccc3cc2C)c1.[Ir]. The molecular weight excluding hydrogens is 514 g/mol. The fourth-order valence-electron chi connectivity index (χ4n) is 2.67. The van der Waals surface area contributed by atoms with Crippen molar-refractivity contribution in [2.24, 2.45) is 0 Å². The second kappa shape index (κ2) is 10.1. The number of nitrogens with zero attached hydrogens (tertiary/aromatic N) is 1. The van der Waals surface area contributed by atoms with Gasteiger partial charge in [0.15, 0.2) is 5.78 Å². The molecule has 3 aromatic rings. The Morgan fingerprint density at radius 1 is 1.04 bits per heavy atom. The van der Waals surface area contributed by atoms with Gasteiger partial charge in [-0.05, 0) is 50.4 Å². The first-order valence-electron chi connectivity index (χ1n) is 8.51. The van der Waals surface area contributed by atoms with Crippen molar-refractivity contribution in [2.45, 2.75) is 34.6 Å². The zero-order valence-electron chi connectivity index (χ0n) is 16.3. The summed E-state index contributed by atoms with van der Waals surface area (Å²) < 4.78 is 0. The first kappa shape index (κ1) is 22.7. The second-order valence-corrected chi connectivity index (χ2v) is 6.53. The van der Waals surface area contributed by atoms with Crippen LogP contribution in [0.3, 0.4) is 0 Å². The summed E-state index contributed by atoms with van der Waals surface area (Å²) in [6, 6.07) is 18.0. The maximum absolute atomic E-state index is 10.0. The molecule has 2 aromatic carbocycles. The largest absolute Gasteiger partial charge is 0.512 e. The minimum absolute atomic E-state index is 0. The Kier molecular flexibility index (Phi) is 8.55. The number of benzene rings is 2. The molecule has 1 radical (unpaired) electrons. The van der Waals surface area contributed by atoms with Gasteiger partial charge < -0.3 is 5.11 Å². The average molecular weight is 539 g/mol. The Balaban J connectivity index is 0.000000395. The van der Waals surface area contributed by atoms with Crippen LogP contribution in [0.2, 0.25) is 0 Å². The summed E-state index contributed by atoms with van der Waals surface area (Å²) in [6.45, 7) is 9.15. The molecule has 0 aliphatic carbocycles. The zero-order valence-corrected chi connectivity index (χ0v) is 18.6. The van der Waals surface area contributed by atoms with Crippen molar-refractivity contribution in [3.8, 4) is 11.3 Å². The predicted octanol–water partition coefficient (Wildman–Crippen LogP) is 5.66. The van der Waals surface area contributed by atoms with Gasteiger partial charge in [-0.1, -0.05) is 30.7 Å². The van der Waals surface area contributed by atoms with Gasteiger partial charge >= 0.3 is 0 Å². The topological polar surface area (TPSA) is 50.2 Å². The quantitative estimate of drug-likeness (QED) is 0.260. The van der Waals surface area contributed by atoms with E-state index in [-0.39, 0.29) is 31.6 Å². The number of hydrogen-bond donors (Lipinski definition) is 1. The molecule has 3 nitrogen and oxygen atoms in total. The van der Waals surface area contributed by atoms with Crippen LogP contribution in [0, 0.1) is 26.8 Å². The molecule has 0 bridgehead atoms. The van der Waals surface area contributed by atoms with Gasteiger partial charge in [-0.2, -0.15) is 0 Å². The van der Waals surface area contributed by atoms with Gasteiger partial charge in [-0.25, -0.2) is 0 Å². The number of fused-ring (bicyclic) bond motifs is 1. The van der Waals surface area contributed by atoms with Crippen LogP contribution < -0.4 is 0 Å². The number of ketones is 1. The molecule has 143 valence electrons. The number of aryl methyl sites for hydroxylation is 3. The molecule has 3 rings (SSSR count). The van der Waals surface area contributed by atoms with Crippen molar-refractivity contribution in [1.29, 1.82) is 0 Å². The summed E-state index contributed by atoms with van der Waals surface area (Å²) in [4.78, 5) is 14.8. The van der Waals surface area contributed by atoms with Gasteiger partial charge in [0, 0.05) is 26.2 Å². The van der Waals surface area contributed by atoms with E-state index in [9.17, 15) is 4.79 Å². The van der Waals surface area contributed by atoms with Crippen molar-refractivity contribution in [3.63, 3.8) is 0 Å². The Labute approximate surface area is 174 Å². The molecule has 1 N–H and O–H groups in total. The van der Waals surface area contributed by atoms with Crippen LogP contribution in [0.25, 0.3) is 22.2 Å². The number of allylic oxidation sites excluding steroid dienone is 2. The van der Waals surface area contributed by atoms with E-state index in [0.29, 0.717) is 0 Å². The number of rotatable bonds is 2. The smallest absolute Gasteiger partial charge is 0.155 e. The molecule has 0 atom stereocenters. The number of pyridine rings is 1. The van der Waals surface area contributed by atoms with Crippen molar-refractivity contribution >= 4 is 16.7 Å². The monoisotopic (exact) mass is 539 g/mol. The van der Waals surface area contributed by atoms with Crippen LogP contribution in [0.1, 0.15) is 30.5 Å². The Hall–Kier alpha value is -2.29. The third kappa shape index (κ3) is 6.74. The van der Waals surface area contributed by atoms with Crippen molar-refractivity contribution < 1.29 is 30.0 Å². The standard InChI is InChI=1S/C18H16N.C5H8O2.Ir/c1-12-5-4-6-16(9-12)18-14(3)11-15-8-7-13(2)10-17(15)19-18;1-4(6)3-5(2)7;/h4-5,7-11H,1-3H3;3,6H,1-2H3;/q-1;;. The number of aromatic nitrogens is 1. The van der Waals surface area contributed by atoms with Crippen molar-refractivity contribution in [1.82, 2.24) is 4.98 Å². The van der Waals surface area contributed by atoms with Gasteiger partial charge in [0.2, 0.25) is 0 Å². The van der Waals surface area contributed by atoms with E-state index in [2.05, 4.69) is 63.2 Å². The van der Waals surface area contributed by atoms with E-state index < -0.39 is 0 Å². The van der Waals surface area contributed by atoms with E-state index in [1.807, 2.05) is 6.07 Å². The van der Waals surface area contributed by atoms with E-state index in [1.54, 1.807) is 0 Å². The molecule has 0 aliphatic heterocycles. The third-order valence-electron chi connectivity index (χ3n) is 3.79. The molecule has 0 saturated heterocycles. The maximum atomic E-state index is 10.0. The van der Waals surface area contributed by atoms with Crippen molar-refractivity contribution in [3.05, 3.63) is 77.1 Å². The fourth-order valence-corrected chi connectivity index (χ4v) is 2.67.